The molecule has 1 saturated carbocycles. The van der Waals surface area contributed by atoms with E-state index in [-0.39, 0.29) is 24.3 Å². The van der Waals surface area contributed by atoms with Crippen LogP contribution in [-0.4, -0.2) is 37.1 Å². The molecule has 28 heavy (non-hydrogen) atoms. The lowest BCUT2D eigenvalue weighted by Gasteiger charge is -2.30. The van der Waals surface area contributed by atoms with Crippen LogP contribution in [0.1, 0.15) is 50.5 Å². The van der Waals surface area contributed by atoms with Crippen LogP contribution < -0.4 is 21.3 Å². The molecular weight excluding hydrogens is 376 g/mol. The molecule has 7 heteroatoms. The van der Waals surface area contributed by atoms with E-state index in [0.717, 1.165) is 37.9 Å². The third-order valence-electron chi connectivity index (χ3n) is 5.78. The van der Waals surface area contributed by atoms with Gasteiger partial charge in [-0.05, 0) is 56.7 Å². The fourth-order valence-corrected chi connectivity index (χ4v) is 4.16. The second-order valence-electron chi connectivity index (χ2n) is 7.84. The Labute approximate surface area is 174 Å². The molecule has 1 aliphatic carbocycles. The lowest BCUT2D eigenvalue weighted by atomic mass is 9.94. The Morgan fingerprint density at radius 1 is 1.07 bits per heavy atom. The number of urea groups is 1. The summed E-state index contributed by atoms with van der Waals surface area (Å²) in [5.41, 5.74) is 0.282. The Hall–Kier alpha value is -1.79. The highest BCUT2D eigenvalue weighted by molar-refractivity contribution is 5.91. The number of rotatable bonds is 7. The summed E-state index contributed by atoms with van der Waals surface area (Å²) in [6.45, 7) is 3.29. The Morgan fingerprint density at radius 2 is 1.82 bits per heavy atom. The zero-order valence-corrected chi connectivity index (χ0v) is 17.3. The number of hydrogen-bond donors (Lipinski definition) is 4. The predicted molar refractivity (Wildman–Crippen MR) is 113 cm³/mol. The quantitative estimate of drug-likeness (QED) is 0.559. The maximum Gasteiger partial charge on any atom is 0.315 e. The van der Waals surface area contributed by atoms with Gasteiger partial charge >= 0.3 is 6.03 Å². The van der Waals surface area contributed by atoms with Crippen LogP contribution in [0, 0.1) is 5.92 Å². The van der Waals surface area contributed by atoms with Gasteiger partial charge in [-0.25, -0.2) is 4.79 Å². The van der Waals surface area contributed by atoms with Gasteiger partial charge < -0.3 is 21.3 Å². The minimum atomic E-state index is -0.758. The van der Waals surface area contributed by atoms with Crippen LogP contribution in [0.15, 0.2) is 30.3 Å². The maximum atomic E-state index is 12.8. The van der Waals surface area contributed by atoms with Crippen LogP contribution >= 0.6 is 12.4 Å². The normalized spacial score (nSPS) is 20.6. The third-order valence-corrected chi connectivity index (χ3v) is 5.78. The molecule has 6 nitrogen and oxygen atoms in total. The van der Waals surface area contributed by atoms with E-state index in [9.17, 15) is 9.59 Å². The molecule has 1 aromatic carbocycles. The summed E-state index contributed by atoms with van der Waals surface area (Å²) in [5.74, 6) is 0.610. The lowest BCUT2D eigenvalue weighted by molar-refractivity contribution is -0.127. The summed E-state index contributed by atoms with van der Waals surface area (Å²) in [5, 5.41) is 12.3. The number of piperidine rings is 1. The van der Waals surface area contributed by atoms with Crippen molar-refractivity contribution in [3.63, 3.8) is 0 Å². The van der Waals surface area contributed by atoms with E-state index >= 15 is 0 Å². The summed E-state index contributed by atoms with van der Waals surface area (Å²) in [4.78, 5) is 25.2. The Bertz CT molecular complexity index is 614. The molecule has 0 aromatic heterocycles. The lowest BCUT2D eigenvalue weighted by Crippen LogP contribution is -2.59. The topological polar surface area (TPSA) is 82.3 Å². The van der Waals surface area contributed by atoms with E-state index in [0.29, 0.717) is 31.8 Å². The Morgan fingerprint density at radius 3 is 2.50 bits per heavy atom. The summed E-state index contributed by atoms with van der Waals surface area (Å²) >= 11 is 0. The molecule has 1 aromatic rings. The van der Waals surface area contributed by atoms with Crippen molar-refractivity contribution in [1.82, 2.24) is 21.3 Å². The molecule has 2 fully saturated rings. The molecule has 156 valence electrons. The number of amides is 3. The van der Waals surface area contributed by atoms with Crippen LogP contribution in [-0.2, 0) is 11.3 Å². The van der Waals surface area contributed by atoms with Crippen molar-refractivity contribution in [2.75, 3.05) is 19.6 Å². The van der Waals surface area contributed by atoms with E-state index < -0.39 is 5.54 Å². The fraction of sp³-hybridized carbons (Fsp3) is 0.619. The standard InChI is InChI=1S/C21H32N4O2.ClH/c26-19(23-14-10-18-9-6-13-22-15-18)21(11-4-5-12-21)25-20(27)24-16-17-7-2-1-3-8-17;/h1-3,7-8,18,22H,4-6,9-16H2,(H,23,26)(H2,24,25,27);1H. The van der Waals surface area contributed by atoms with E-state index in [2.05, 4.69) is 21.3 Å². The largest absolute Gasteiger partial charge is 0.354 e. The van der Waals surface area contributed by atoms with Crippen LogP contribution in [0.3, 0.4) is 0 Å². The number of benzene rings is 1. The van der Waals surface area contributed by atoms with Crippen LogP contribution in [0.2, 0.25) is 0 Å². The van der Waals surface area contributed by atoms with E-state index in [4.69, 9.17) is 0 Å². The number of carbonyl (C=O) groups excluding carboxylic acids is 2. The van der Waals surface area contributed by atoms with Gasteiger partial charge in [0, 0.05) is 13.1 Å². The van der Waals surface area contributed by atoms with Crippen molar-refractivity contribution in [3.05, 3.63) is 35.9 Å². The van der Waals surface area contributed by atoms with E-state index in [1.165, 1.54) is 12.8 Å². The highest BCUT2D eigenvalue weighted by Gasteiger charge is 2.42. The summed E-state index contributed by atoms with van der Waals surface area (Å²) < 4.78 is 0. The van der Waals surface area contributed by atoms with Crippen molar-refractivity contribution >= 4 is 24.3 Å². The van der Waals surface area contributed by atoms with Gasteiger partial charge in [0.1, 0.15) is 5.54 Å². The first-order valence-electron chi connectivity index (χ1n) is 10.3. The maximum absolute atomic E-state index is 12.8. The van der Waals surface area contributed by atoms with Gasteiger partial charge in [0.25, 0.3) is 0 Å². The van der Waals surface area contributed by atoms with Gasteiger partial charge in [0.2, 0.25) is 5.91 Å². The molecule has 4 N–H and O–H groups in total. The van der Waals surface area contributed by atoms with Crippen LogP contribution in [0.4, 0.5) is 4.79 Å². The van der Waals surface area contributed by atoms with Gasteiger partial charge in [-0.2, -0.15) is 0 Å². The van der Waals surface area contributed by atoms with Crippen molar-refractivity contribution in [3.8, 4) is 0 Å². The minimum Gasteiger partial charge on any atom is -0.354 e. The zero-order valence-electron chi connectivity index (χ0n) is 16.5. The smallest absolute Gasteiger partial charge is 0.315 e. The molecule has 1 unspecified atom stereocenters. The molecule has 0 spiro atoms. The molecule has 3 amide bonds. The van der Waals surface area contributed by atoms with Crippen LogP contribution in [0.25, 0.3) is 0 Å². The van der Waals surface area contributed by atoms with Crippen LogP contribution in [0.5, 0.6) is 0 Å². The van der Waals surface area contributed by atoms with Crippen molar-refractivity contribution < 1.29 is 9.59 Å². The van der Waals surface area contributed by atoms with Gasteiger partial charge in [0.15, 0.2) is 0 Å². The molecule has 2 aliphatic rings. The Balaban J connectivity index is 0.00000280. The first-order chi connectivity index (χ1) is 13.2. The molecule has 1 saturated heterocycles. The second-order valence-corrected chi connectivity index (χ2v) is 7.84. The van der Waals surface area contributed by atoms with Gasteiger partial charge in [-0.1, -0.05) is 43.2 Å². The molecule has 0 bridgehead atoms. The summed E-state index contributed by atoms with van der Waals surface area (Å²) in [7, 11) is 0. The van der Waals surface area contributed by atoms with Crippen molar-refractivity contribution in [2.45, 2.75) is 57.0 Å². The molecule has 1 atom stereocenters. The fourth-order valence-electron chi connectivity index (χ4n) is 4.16. The summed E-state index contributed by atoms with van der Waals surface area (Å²) in [6.07, 6.45) is 6.80. The third kappa shape index (κ3) is 6.38. The van der Waals surface area contributed by atoms with E-state index in [1.54, 1.807) is 0 Å². The minimum absolute atomic E-state index is 0. The number of nitrogens with one attached hydrogen (secondary N) is 4. The number of hydrogen-bond acceptors (Lipinski definition) is 3. The number of carbonyl (C=O) groups is 2. The summed E-state index contributed by atoms with van der Waals surface area (Å²) in [6, 6.07) is 9.51. The predicted octanol–water partition coefficient (Wildman–Crippen LogP) is 2.73. The van der Waals surface area contributed by atoms with Gasteiger partial charge in [-0.3, -0.25) is 4.79 Å². The average Bonchev–Trinajstić information content (AvgIpc) is 3.18. The SMILES string of the molecule is Cl.O=C(NCc1ccccc1)NC1(C(=O)NCCC2CCCNC2)CCCC1. The molecule has 1 aliphatic heterocycles. The molecule has 0 radical (unpaired) electrons. The first-order valence-corrected chi connectivity index (χ1v) is 10.3. The molecule has 3 rings (SSSR count). The van der Waals surface area contributed by atoms with Crippen molar-refractivity contribution in [2.24, 2.45) is 5.92 Å². The Kier molecular flexibility index (Phi) is 9.06. The van der Waals surface area contributed by atoms with Gasteiger partial charge in [-0.15, -0.1) is 12.4 Å². The molecule has 1 heterocycles. The van der Waals surface area contributed by atoms with Crippen molar-refractivity contribution in [1.29, 1.82) is 0 Å². The number of halogens is 1. The molecular formula is C21H33ClN4O2. The first kappa shape index (κ1) is 22.5. The highest BCUT2D eigenvalue weighted by atomic mass is 35.5. The monoisotopic (exact) mass is 408 g/mol. The highest BCUT2D eigenvalue weighted by Crippen LogP contribution is 2.30. The average molecular weight is 409 g/mol. The van der Waals surface area contributed by atoms with Gasteiger partial charge in [0.05, 0.1) is 0 Å². The second kappa shape index (κ2) is 11.3. The zero-order chi connectivity index (χ0) is 19.0. The van der Waals surface area contributed by atoms with E-state index in [1.807, 2.05) is 30.3 Å².